The zero-order valence-corrected chi connectivity index (χ0v) is 20.3. The molecule has 30 heavy (non-hydrogen) atoms. The molecule has 0 saturated heterocycles. The molecule has 0 saturated carbocycles. The molecule has 0 heterocycles. The van der Waals surface area contributed by atoms with Crippen molar-refractivity contribution in [1.82, 2.24) is 10.2 Å². The summed E-state index contributed by atoms with van der Waals surface area (Å²) in [6.45, 7) is 9.57. The molecule has 2 aromatic carbocycles. The molecule has 162 valence electrons. The van der Waals surface area contributed by atoms with Gasteiger partial charge in [0, 0.05) is 17.1 Å². The van der Waals surface area contributed by atoms with E-state index in [1.165, 1.54) is 4.90 Å². The lowest BCUT2D eigenvalue weighted by molar-refractivity contribution is -0.142. The van der Waals surface area contributed by atoms with E-state index in [1.807, 2.05) is 52.0 Å². The van der Waals surface area contributed by atoms with Crippen molar-refractivity contribution in [2.75, 3.05) is 6.61 Å². The number of amides is 2. The molecule has 2 rings (SSSR count). The van der Waals surface area contributed by atoms with E-state index in [-0.39, 0.29) is 18.4 Å². The second kappa shape index (κ2) is 10.3. The van der Waals surface area contributed by atoms with Crippen molar-refractivity contribution in [3.63, 3.8) is 0 Å². The predicted molar refractivity (Wildman–Crippen MR) is 124 cm³/mol. The maximum atomic E-state index is 13.1. The zero-order chi connectivity index (χ0) is 22.5. The molecule has 1 unspecified atom stereocenters. The fourth-order valence-corrected chi connectivity index (χ4v) is 3.56. The average Bonchev–Trinajstić information content (AvgIpc) is 2.64. The van der Waals surface area contributed by atoms with Crippen LogP contribution in [0.3, 0.4) is 0 Å². The second-order valence-corrected chi connectivity index (χ2v) is 9.58. The lowest BCUT2D eigenvalue weighted by Crippen LogP contribution is -2.53. The Hall–Kier alpha value is -2.05. The Balaban J connectivity index is 2.18. The maximum Gasteiger partial charge on any atom is 0.261 e. The van der Waals surface area contributed by atoms with Crippen LogP contribution in [0, 0.1) is 6.92 Å². The highest BCUT2D eigenvalue weighted by Gasteiger charge is 2.28. The normalized spacial score (nSPS) is 12.2. The van der Waals surface area contributed by atoms with Crippen molar-refractivity contribution in [1.29, 1.82) is 0 Å². The van der Waals surface area contributed by atoms with Crippen LogP contribution in [-0.2, 0) is 16.1 Å². The van der Waals surface area contributed by atoms with Crippen LogP contribution in [0.15, 0.2) is 46.9 Å². The van der Waals surface area contributed by atoms with Gasteiger partial charge in [0.2, 0.25) is 5.91 Å². The van der Waals surface area contributed by atoms with Crippen molar-refractivity contribution in [2.45, 2.75) is 52.7 Å². The Morgan fingerprint density at radius 3 is 2.37 bits per heavy atom. The van der Waals surface area contributed by atoms with E-state index in [1.54, 1.807) is 25.1 Å². The van der Waals surface area contributed by atoms with Crippen molar-refractivity contribution >= 4 is 39.3 Å². The van der Waals surface area contributed by atoms with Gasteiger partial charge < -0.3 is 15.0 Å². The first kappa shape index (κ1) is 24.2. The summed E-state index contributed by atoms with van der Waals surface area (Å²) in [6, 6.07) is 12.3. The SMILES string of the molecule is Cc1ccc(CN(C(=O)COc2ccc(Cl)cc2Br)C(C)C(=O)NC(C)(C)C)cc1. The third kappa shape index (κ3) is 7.33. The molecule has 2 aromatic rings. The van der Waals surface area contributed by atoms with Crippen LogP contribution in [0.1, 0.15) is 38.8 Å². The van der Waals surface area contributed by atoms with E-state index in [0.29, 0.717) is 21.8 Å². The van der Waals surface area contributed by atoms with Crippen LogP contribution in [-0.4, -0.2) is 34.9 Å². The van der Waals surface area contributed by atoms with Gasteiger partial charge in [-0.1, -0.05) is 41.4 Å². The maximum absolute atomic E-state index is 13.1. The molecular weight excluding hydrogens is 468 g/mol. The molecule has 5 nitrogen and oxygen atoms in total. The van der Waals surface area contributed by atoms with E-state index in [9.17, 15) is 9.59 Å². The third-order valence-corrected chi connectivity index (χ3v) is 5.24. The quantitative estimate of drug-likeness (QED) is 0.580. The number of carbonyl (C=O) groups excluding carboxylic acids is 2. The Kier molecular flexibility index (Phi) is 8.33. The molecule has 2 amide bonds. The molecule has 0 aliphatic heterocycles. The number of hydrogen-bond donors (Lipinski definition) is 1. The summed E-state index contributed by atoms with van der Waals surface area (Å²) >= 11 is 9.34. The molecule has 0 aliphatic rings. The van der Waals surface area contributed by atoms with E-state index >= 15 is 0 Å². The lowest BCUT2D eigenvalue weighted by Gasteiger charge is -2.31. The van der Waals surface area contributed by atoms with Gasteiger partial charge in [-0.05, 0) is 74.3 Å². The number of hydrogen-bond acceptors (Lipinski definition) is 3. The highest BCUT2D eigenvalue weighted by Crippen LogP contribution is 2.28. The third-order valence-electron chi connectivity index (χ3n) is 4.38. The molecule has 0 aliphatic carbocycles. The summed E-state index contributed by atoms with van der Waals surface area (Å²) in [7, 11) is 0. The first-order valence-electron chi connectivity index (χ1n) is 9.71. The van der Waals surface area contributed by atoms with Gasteiger partial charge in [0.05, 0.1) is 4.47 Å². The smallest absolute Gasteiger partial charge is 0.261 e. The number of nitrogens with zero attached hydrogens (tertiary/aromatic N) is 1. The van der Waals surface area contributed by atoms with Crippen molar-refractivity contribution in [3.8, 4) is 5.75 Å². The van der Waals surface area contributed by atoms with Crippen LogP contribution in [0.2, 0.25) is 5.02 Å². The minimum atomic E-state index is -0.657. The van der Waals surface area contributed by atoms with Gasteiger partial charge in [0.25, 0.3) is 5.91 Å². The van der Waals surface area contributed by atoms with E-state index in [4.69, 9.17) is 16.3 Å². The molecular formula is C23H28BrClN2O3. The Morgan fingerprint density at radius 1 is 1.17 bits per heavy atom. The Labute approximate surface area is 191 Å². The number of nitrogens with one attached hydrogen (secondary N) is 1. The predicted octanol–water partition coefficient (Wildman–Crippen LogP) is 5.12. The van der Waals surface area contributed by atoms with Crippen LogP contribution >= 0.6 is 27.5 Å². The van der Waals surface area contributed by atoms with Crippen LogP contribution in [0.25, 0.3) is 0 Å². The largest absolute Gasteiger partial charge is 0.483 e. The number of benzene rings is 2. The first-order chi connectivity index (χ1) is 14.0. The van der Waals surface area contributed by atoms with Gasteiger partial charge in [0.15, 0.2) is 6.61 Å². The molecule has 0 spiro atoms. The Bertz CT molecular complexity index is 894. The molecule has 1 N–H and O–H groups in total. The van der Waals surface area contributed by atoms with Crippen LogP contribution < -0.4 is 10.1 Å². The van der Waals surface area contributed by atoms with Gasteiger partial charge in [-0.25, -0.2) is 0 Å². The summed E-state index contributed by atoms with van der Waals surface area (Å²) < 4.78 is 6.35. The summed E-state index contributed by atoms with van der Waals surface area (Å²) in [5.74, 6) is 0.0134. The summed E-state index contributed by atoms with van der Waals surface area (Å²) in [4.78, 5) is 27.3. The van der Waals surface area contributed by atoms with E-state index in [2.05, 4.69) is 21.2 Å². The van der Waals surface area contributed by atoms with Crippen molar-refractivity contribution < 1.29 is 14.3 Å². The fraction of sp³-hybridized carbons (Fsp3) is 0.391. The van der Waals surface area contributed by atoms with Gasteiger partial charge >= 0.3 is 0 Å². The minimum absolute atomic E-state index is 0.195. The van der Waals surface area contributed by atoms with Gasteiger partial charge in [-0.15, -0.1) is 0 Å². The van der Waals surface area contributed by atoms with Crippen molar-refractivity contribution in [3.05, 3.63) is 63.1 Å². The molecule has 0 fully saturated rings. The van der Waals surface area contributed by atoms with Gasteiger partial charge in [-0.3, -0.25) is 9.59 Å². The molecule has 0 radical (unpaired) electrons. The van der Waals surface area contributed by atoms with Gasteiger partial charge in [-0.2, -0.15) is 0 Å². The number of carbonyl (C=O) groups is 2. The summed E-state index contributed by atoms with van der Waals surface area (Å²) in [5, 5.41) is 3.51. The highest BCUT2D eigenvalue weighted by molar-refractivity contribution is 9.10. The fourth-order valence-electron chi connectivity index (χ4n) is 2.76. The first-order valence-corrected chi connectivity index (χ1v) is 10.9. The monoisotopic (exact) mass is 494 g/mol. The molecule has 0 bridgehead atoms. The number of halogens is 2. The molecule has 7 heteroatoms. The number of rotatable bonds is 7. The standard InChI is InChI=1S/C23H28BrClN2O3/c1-15-6-8-17(9-7-15)13-27(16(2)22(29)26-23(3,4)5)21(28)14-30-20-11-10-18(25)12-19(20)24/h6-12,16H,13-14H2,1-5H3,(H,26,29). The molecule has 1 atom stereocenters. The van der Waals surface area contributed by atoms with E-state index < -0.39 is 11.6 Å². The zero-order valence-electron chi connectivity index (χ0n) is 18.0. The average molecular weight is 496 g/mol. The van der Waals surface area contributed by atoms with E-state index in [0.717, 1.165) is 11.1 Å². The van der Waals surface area contributed by atoms with Crippen LogP contribution in [0.5, 0.6) is 5.75 Å². The summed E-state index contributed by atoms with van der Waals surface area (Å²) in [6.07, 6.45) is 0. The number of ether oxygens (including phenoxy) is 1. The van der Waals surface area contributed by atoms with Gasteiger partial charge in [0.1, 0.15) is 11.8 Å². The highest BCUT2D eigenvalue weighted by atomic mass is 79.9. The van der Waals surface area contributed by atoms with Crippen LogP contribution in [0.4, 0.5) is 0 Å². The summed E-state index contributed by atoms with van der Waals surface area (Å²) in [5.41, 5.74) is 1.68. The molecule has 0 aromatic heterocycles. The Morgan fingerprint density at radius 2 is 1.80 bits per heavy atom. The minimum Gasteiger partial charge on any atom is -0.483 e. The lowest BCUT2D eigenvalue weighted by atomic mass is 10.1. The van der Waals surface area contributed by atoms with Crippen molar-refractivity contribution in [2.24, 2.45) is 0 Å². The number of aryl methyl sites for hydroxylation is 1. The second-order valence-electron chi connectivity index (χ2n) is 8.29. The topological polar surface area (TPSA) is 58.6 Å².